The molecular formula is C15H25N2O5P. The van der Waals surface area contributed by atoms with Crippen LogP contribution in [0.1, 0.15) is 40.0 Å². The number of nitro benzene ring substituents is 1. The van der Waals surface area contributed by atoms with Gasteiger partial charge in [-0.1, -0.05) is 25.8 Å². The molecule has 0 fully saturated rings. The summed E-state index contributed by atoms with van der Waals surface area (Å²) in [4.78, 5) is 10.4. The highest BCUT2D eigenvalue weighted by Gasteiger charge is 2.35. The number of non-ortho nitro benzene ring substituents is 1. The molecule has 0 bridgehead atoms. The van der Waals surface area contributed by atoms with Gasteiger partial charge in [-0.2, -0.15) is 0 Å². The molecule has 1 aromatic rings. The van der Waals surface area contributed by atoms with Crippen molar-refractivity contribution in [1.29, 1.82) is 0 Å². The first-order valence-corrected chi connectivity index (χ1v) is 9.47. The van der Waals surface area contributed by atoms with Crippen molar-refractivity contribution in [2.75, 3.05) is 18.5 Å². The number of nitrogens with one attached hydrogen (secondary N) is 1. The predicted molar refractivity (Wildman–Crippen MR) is 90.9 cm³/mol. The lowest BCUT2D eigenvalue weighted by Gasteiger charge is -2.27. The Hall–Kier alpha value is -1.43. The third-order valence-corrected chi connectivity index (χ3v) is 5.61. The standard InChI is InChI=1S/C15H25N2O5P/c1-4-7-11-15(23(20,21-5-2)22-6-3)16-13-9-8-10-14(12-13)17(18)19/h8-10,12,15-16H,4-7,11H2,1-3H3. The second kappa shape index (κ2) is 9.65. The topological polar surface area (TPSA) is 90.7 Å². The first kappa shape index (κ1) is 19.6. The maximum absolute atomic E-state index is 13.0. The number of rotatable bonds is 11. The molecule has 1 rings (SSSR count). The van der Waals surface area contributed by atoms with Gasteiger partial charge in [0.2, 0.25) is 0 Å². The van der Waals surface area contributed by atoms with Crippen LogP contribution >= 0.6 is 7.60 Å². The van der Waals surface area contributed by atoms with Crippen molar-refractivity contribution in [2.45, 2.75) is 45.8 Å². The highest BCUT2D eigenvalue weighted by atomic mass is 31.2. The van der Waals surface area contributed by atoms with Gasteiger partial charge in [0.15, 0.2) is 0 Å². The number of nitro groups is 1. The fraction of sp³-hybridized carbons (Fsp3) is 0.600. The second-order valence-electron chi connectivity index (χ2n) is 4.99. The molecule has 8 heteroatoms. The zero-order valence-corrected chi connectivity index (χ0v) is 14.8. The monoisotopic (exact) mass is 344 g/mol. The SMILES string of the molecule is CCCCC(Nc1cccc([N+](=O)[O-])c1)P(=O)(OCC)OCC. The van der Waals surface area contributed by atoms with Crippen molar-refractivity contribution in [3.8, 4) is 0 Å². The summed E-state index contributed by atoms with van der Waals surface area (Å²) in [5.74, 6) is -0.538. The van der Waals surface area contributed by atoms with Crippen molar-refractivity contribution < 1.29 is 18.5 Å². The van der Waals surface area contributed by atoms with Crippen LogP contribution in [0, 0.1) is 10.1 Å². The smallest absolute Gasteiger partial charge is 0.352 e. The van der Waals surface area contributed by atoms with Gasteiger partial charge in [-0.15, -0.1) is 0 Å². The van der Waals surface area contributed by atoms with E-state index in [-0.39, 0.29) is 18.9 Å². The molecule has 0 amide bonds. The lowest BCUT2D eigenvalue weighted by Crippen LogP contribution is -2.22. The van der Waals surface area contributed by atoms with E-state index >= 15 is 0 Å². The van der Waals surface area contributed by atoms with E-state index in [9.17, 15) is 14.7 Å². The maximum Gasteiger partial charge on any atom is 0.352 e. The van der Waals surface area contributed by atoms with Gasteiger partial charge in [0.25, 0.3) is 5.69 Å². The van der Waals surface area contributed by atoms with Gasteiger partial charge in [0.1, 0.15) is 5.78 Å². The lowest BCUT2D eigenvalue weighted by molar-refractivity contribution is -0.384. The normalized spacial score (nSPS) is 12.8. The Bertz CT molecular complexity index is 542. The molecular weight excluding hydrogens is 319 g/mol. The summed E-state index contributed by atoms with van der Waals surface area (Å²) < 4.78 is 23.8. The van der Waals surface area contributed by atoms with E-state index in [4.69, 9.17) is 9.05 Å². The average Bonchev–Trinajstić information content (AvgIpc) is 2.52. The first-order chi connectivity index (χ1) is 11.0. The molecule has 1 N–H and O–H groups in total. The van der Waals surface area contributed by atoms with E-state index in [0.717, 1.165) is 12.8 Å². The van der Waals surface area contributed by atoms with Crippen LogP contribution in [0.2, 0.25) is 0 Å². The highest BCUT2D eigenvalue weighted by Crippen LogP contribution is 2.54. The minimum absolute atomic E-state index is 0.0214. The molecule has 0 aliphatic carbocycles. The van der Waals surface area contributed by atoms with Crippen molar-refractivity contribution >= 4 is 19.0 Å². The molecule has 7 nitrogen and oxygen atoms in total. The average molecular weight is 344 g/mol. The molecule has 0 aliphatic heterocycles. The van der Waals surface area contributed by atoms with E-state index in [1.807, 2.05) is 6.92 Å². The Morgan fingerprint density at radius 1 is 1.26 bits per heavy atom. The van der Waals surface area contributed by atoms with Crippen LogP contribution in [0.3, 0.4) is 0 Å². The second-order valence-corrected chi connectivity index (χ2v) is 7.20. The van der Waals surface area contributed by atoms with Gasteiger partial charge in [0.05, 0.1) is 18.1 Å². The lowest BCUT2D eigenvalue weighted by atomic mass is 10.2. The third kappa shape index (κ3) is 5.94. The number of unbranched alkanes of at least 4 members (excludes halogenated alkanes) is 1. The van der Waals surface area contributed by atoms with E-state index in [1.54, 1.807) is 26.0 Å². The molecule has 1 aromatic carbocycles. The van der Waals surface area contributed by atoms with Crippen LogP contribution in [0.5, 0.6) is 0 Å². The largest absolute Gasteiger partial charge is 0.371 e. The predicted octanol–water partition coefficient (Wildman–Crippen LogP) is 4.79. The summed E-state index contributed by atoms with van der Waals surface area (Å²) in [6.45, 7) is 6.11. The van der Waals surface area contributed by atoms with Crippen LogP contribution in [0.15, 0.2) is 24.3 Å². The Morgan fingerprint density at radius 3 is 2.43 bits per heavy atom. The summed E-state index contributed by atoms with van der Waals surface area (Å²) in [6.07, 6.45) is 2.37. The molecule has 1 atom stereocenters. The molecule has 23 heavy (non-hydrogen) atoms. The number of anilines is 1. The Kier molecular flexibility index (Phi) is 8.23. The van der Waals surface area contributed by atoms with Gasteiger partial charge in [-0.3, -0.25) is 14.7 Å². The molecule has 0 heterocycles. The minimum Gasteiger partial charge on any atom is -0.371 e. The van der Waals surface area contributed by atoms with Gasteiger partial charge in [-0.05, 0) is 26.3 Å². The molecule has 0 saturated carbocycles. The molecule has 0 radical (unpaired) electrons. The van der Waals surface area contributed by atoms with Crippen LogP contribution in [-0.4, -0.2) is 23.9 Å². The molecule has 1 unspecified atom stereocenters. The number of hydrogen-bond donors (Lipinski definition) is 1. The van der Waals surface area contributed by atoms with Crippen LogP contribution in [0.4, 0.5) is 11.4 Å². The fourth-order valence-corrected chi connectivity index (χ4v) is 4.15. The van der Waals surface area contributed by atoms with E-state index < -0.39 is 18.3 Å². The van der Waals surface area contributed by atoms with Crippen molar-refractivity contribution in [1.82, 2.24) is 0 Å². The van der Waals surface area contributed by atoms with E-state index in [0.29, 0.717) is 12.1 Å². The zero-order chi connectivity index (χ0) is 17.3. The van der Waals surface area contributed by atoms with Gasteiger partial charge in [0, 0.05) is 17.8 Å². The van der Waals surface area contributed by atoms with Gasteiger partial charge < -0.3 is 14.4 Å². The highest BCUT2D eigenvalue weighted by molar-refractivity contribution is 7.54. The molecule has 130 valence electrons. The van der Waals surface area contributed by atoms with Crippen LogP contribution < -0.4 is 5.32 Å². The molecule has 0 aromatic heterocycles. The quantitative estimate of drug-likeness (QED) is 0.352. The van der Waals surface area contributed by atoms with Crippen molar-refractivity contribution in [3.05, 3.63) is 34.4 Å². The Morgan fingerprint density at radius 2 is 1.91 bits per heavy atom. The summed E-state index contributed by atoms with van der Waals surface area (Å²) in [5, 5.41) is 14.0. The molecule has 0 saturated heterocycles. The Balaban J connectivity index is 3.03. The van der Waals surface area contributed by atoms with Crippen LogP contribution in [-0.2, 0) is 13.6 Å². The summed E-state index contributed by atoms with van der Waals surface area (Å²) in [6, 6.07) is 6.12. The maximum atomic E-state index is 13.0. The molecule has 0 aliphatic rings. The summed E-state index contributed by atoms with van der Waals surface area (Å²) in [7, 11) is -3.34. The van der Waals surface area contributed by atoms with E-state index in [1.165, 1.54) is 12.1 Å². The fourth-order valence-electron chi connectivity index (χ4n) is 2.19. The number of benzene rings is 1. The zero-order valence-electron chi connectivity index (χ0n) is 13.9. The third-order valence-electron chi connectivity index (χ3n) is 3.22. The first-order valence-electron chi connectivity index (χ1n) is 7.86. The van der Waals surface area contributed by atoms with Gasteiger partial charge in [-0.25, -0.2) is 0 Å². The summed E-state index contributed by atoms with van der Waals surface area (Å²) >= 11 is 0. The van der Waals surface area contributed by atoms with Gasteiger partial charge >= 0.3 is 7.60 Å². The van der Waals surface area contributed by atoms with Crippen molar-refractivity contribution in [3.63, 3.8) is 0 Å². The minimum atomic E-state index is -3.34. The number of nitrogens with zero attached hydrogens (tertiary/aromatic N) is 1. The Labute approximate surface area is 137 Å². The van der Waals surface area contributed by atoms with Crippen LogP contribution in [0.25, 0.3) is 0 Å². The van der Waals surface area contributed by atoms with E-state index in [2.05, 4.69) is 5.32 Å². The van der Waals surface area contributed by atoms with Crippen molar-refractivity contribution in [2.24, 2.45) is 0 Å². The summed E-state index contributed by atoms with van der Waals surface area (Å²) in [5.41, 5.74) is 0.506. The number of hydrogen-bond acceptors (Lipinski definition) is 6. The molecule has 0 spiro atoms.